The molecule has 1 heterocycles. The molecule has 4 nitrogen and oxygen atoms in total. The Balaban J connectivity index is 0.00000225. The number of hydrogen-bond acceptors (Lipinski definition) is 2. The number of nitro benzene ring substituents is 1. The maximum atomic E-state index is 10.8. The van der Waals surface area contributed by atoms with Gasteiger partial charge in [-0.3, -0.25) is 10.1 Å². The Bertz CT molecular complexity index is 862. The molecule has 3 rings (SSSR count). The minimum atomic E-state index is -0.383. The molecule has 0 fully saturated rings. The zero-order chi connectivity index (χ0) is 16.8. The summed E-state index contributed by atoms with van der Waals surface area (Å²) in [5.74, 6) is 0. The van der Waals surface area contributed by atoms with Crippen molar-refractivity contribution in [3.63, 3.8) is 0 Å². The van der Waals surface area contributed by atoms with Crippen LogP contribution in [0.3, 0.4) is 0 Å². The highest BCUT2D eigenvalue weighted by Gasteiger charge is 2.04. The molecule has 0 aliphatic carbocycles. The first-order valence-electron chi connectivity index (χ1n) is 7.66. The lowest BCUT2D eigenvalue weighted by Crippen LogP contribution is -3.00. The first kappa shape index (κ1) is 18.5. The van der Waals surface area contributed by atoms with Crippen LogP contribution in [0, 0.1) is 10.1 Å². The monoisotopic (exact) mass is 396 g/mol. The number of benzene rings is 2. The summed E-state index contributed by atoms with van der Waals surface area (Å²) in [6.07, 6.45) is 7.88. The second-order valence-electron chi connectivity index (χ2n) is 5.47. The van der Waals surface area contributed by atoms with E-state index in [1.807, 2.05) is 60.9 Å². The van der Waals surface area contributed by atoms with Crippen molar-refractivity contribution < 1.29 is 26.5 Å². The summed E-state index contributed by atoms with van der Waals surface area (Å²) in [6.45, 7) is 0.829. The summed E-state index contributed by atoms with van der Waals surface area (Å²) in [5, 5.41) is 10.8. The summed E-state index contributed by atoms with van der Waals surface area (Å²) >= 11 is 0. The van der Waals surface area contributed by atoms with E-state index in [1.165, 1.54) is 11.6 Å². The molecular weight excluding hydrogens is 380 g/mol. The van der Waals surface area contributed by atoms with E-state index in [1.54, 1.807) is 12.1 Å². The number of halogens is 1. The fourth-order valence-corrected chi connectivity index (χ4v) is 2.41. The van der Waals surface area contributed by atoms with Crippen LogP contribution >= 0.6 is 0 Å². The third kappa shape index (κ3) is 5.36. The van der Waals surface area contributed by atoms with Crippen LogP contribution in [0.2, 0.25) is 0 Å². The average molecular weight is 397 g/mol. The van der Waals surface area contributed by atoms with E-state index < -0.39 is 0 Å². The summed E-state index contributed by atoms with van der Waals surface area (Å²) in [4.78, 5) is 10.4. The first-order chi connectivity index (χ1) is 11.7. The Morgan fingerprint density at radius 1 is 0.880 bits per heavy atom. The molecule has 2 aromatic carbocycles. The molecule has 0 N–H and O–H groups in total. The highest BCUT2D eigenvalue weighted by atomic mass is 79.9. The molecule has 25 heavy (non-hydrogen) atoms. The van der Waals surface area contributed by atoms with Gasteiger partial charge in [0.25, 0.3) is 5.69 Å². The Hall–Kier alpha value is -2.79. The molecule has 0 saturated carbocycles. The highest BCUT2D eigenvalue weighted by Crippen LogP contribution is 2.15. The van der Waals surface area contributed by atoms with Crippen LogP contribution in [0.5, 0.6) is 0 Å². The fourth-order valence-electron chi connectivity index (χ4n) is 2.41. The number of rotatable bonds is 5. The minimum absolute atomic E-state index is 0. The quantitative estimate of drug-likeness (QED) is 0.368. The van der Waals surface area contributed by atoms with Gasteiger partial charge in [-0.25, -0.2) is 4.57 Å². The molecule has 0 aliphatic rings. The normalized spacial score (nSPS) is 10.4. The fraction of sp³-hybridized carbons (Fsp3) is 0.0500. The van der Waals surface area contributed by atoms with E-state index in [0.29, 0.717) is 0 Å². The van der Waals surface area contributed by atoms with Crippen molar-refractivity contribution in [3.05, 3.63) is 106 Å². The smallest absolute Gasteiger partial charge is 0.270 e. The largest absolute Gasteiger partial charge is 1.00 e. The SMILES string of the molecule is O=[N+]([O-])c1cccc(/C=C/c2cc[n+](Cc3ccccc3)cc2)c1.[Br-]. The molecule has 0 saturated heterocycles. The van der Waals surface area contributed by atoms with Crippen molar-refractivity contribution in [2.45, 2.75) is 6.54 Å². The van der Waals surface area contributed by atoms with Crippen LogP contribution in [-0.2, 0) is 6.54 Å². The zero-order valence-corrected chi connectivity index (χ0v) is 15.0. The van der Waals surface area contributed by atoms with Gasteiger partial charge in [0.05, 0.1) is 4.92 Å². The predicted octanol–water partition coefficient (Wildman–Crippen LogP) is 1.10. The first-order valence-corrected chi connectivity index (χ1v) is 7.66. The molecule has 3 aromatic rings. The van der Waals surface area contributed by atoms with Crippen molar-refractivity contribution in [2.24, 2.45) is 0 Å². The van der Waals surface area contributed by atoms with Gasteiger partial charge in [0, 0.05) is 29.8 Å². The molecule has 0 amide bonds. The lowest BCUT2D eigenvalue weighted by atomic mass is 10.1. The van der Waals surface area contributed by atoms with Crippen molar-refractivity contribution in [2.75, 3.05) is 0 Å². The van der Waals surface area contributed by atoms with Gasteiger partial charge >= 0.3 is 0 Å². The van der Waals surface area contributed by atoms with Gasteiger partial charge in [0.15, 0.2) is 18.9 Å². The third-order valence-electron chi connectivity index (χ3n) is 3.67. The molecule has 0 aliphatic heterocycles. The average Bonchev–Trinajstić information content (AvgIpc) is 2.62. The summed E-state index contributed by atoms with van der Waals surface area (Å²) in [7, 11) is 0. The number of aromatic nitrogens is 1. The van der Waals surface area contributed by atoms with E-state index in [0.717, 1.165) is 17.7 Å². The summed E-state index contributed by atoms with van der Waals surface area (Å²) < 4.78 is 2.11. The van der Waals surface area contributed by atoms with Crippen LogP contribution in [0.15, 0.2) is 79.1 Å². The third-order valence-corrected chi connectivity index (χ3v) is 3.67. The van der Waals surface area contributed by atoms with Gasteiger partial charge in [-0.2, -0.15) is 0 Å². The van der Waals surface area contributed by atoms with E-state index in [2.05, 4.69) is 16.7 Å². The van der Waals surface area contributed by atoms with Crippen molar-refractivity contribution in [1.82, 2.24) is 0 Å². The molecule has 0 unspecified atom stereocenters. The Kier molecular flexibility index (Phi) is 6.60. The molecule has 126 valence electrons. The highest BCUT2D eigenvalue weighted by molar-refractivity contribution is 5.70. The molecule has 0 bridgehead atoms. The van der Waals surface area contributed by atoms with Crippen molar-refractivity contribution in [1.29, 1.82) is 0 Å². The Morgan fingerprint density at radius 2 is 1.56 bits per heavy atom. The second-order valence-corrected chi connectivity index (χ2v) is 5.47. The van der Waals surface area contributed by atoms with E-state index in [-0.39, 0.29) is 27.6 Å². The Labute approximate surface area is 157 Å². The molecule has 5 heteroatoms. The maximum absolute atomic E-state index is 10.8. The van der Waals surface area contributed by atoms with Gasteiger partial charge in [-0.15, -0.1) is 0 Å². The van der Waals surface area contributed by atoms with Gasteiger partial charge in [-0.1, -0.05) is 54.6 Å². The summed E-state index contributed by atoms with van der Waals surface area (Å²) in [6, 6.07) is 20.9. The van der Waals surface area contributed by atoms with Gasteiger partial charge in [-0.05, 0) is 11.1 Å². The van der Waals surface area contributed by atoms with Crippen LogP contribution in [-0.4, -0.2) is 4.92 Å². The summed E-state index contributed by atoms with van der Waals surface area (Å²) in [5.41, 5.74) is 3.21. The number of nitrogens with zero attached hydrogens (tertiary/aromatic N) is 2. The standard InChI is InChI=1S/C20H17N2O2.BrH/c23-22(24)20-8-4-7-18(15-20)10-9-17-11-13-21(14-12-17)16-19-5-2-1-3-6-19;/h1-15H,16H2;1H/q+1;/p-1/b10-9+;. The van der Waals surface area contributed by atoms with Crippen molar-refractivity contribution in [3.8, 4) is 0 Å². The zero-order valence-electron chi connectivity index (χ0n) is 13.5. The molecule has 0 atom stereocenters. The molecule has 1 aromatic heterocycles. The maximum Gasteiger partial charge on any atom is 0.270 e. The van der Waals surface area contributed by atoms with E-state index >= 15 is 0 Å². The molecular formula is C20H17BrN2O2. The minimum Gasteiger partial charge on any atom is -1.00 e. The second kappa shape index (κ2) is 8.89. The van der Waals surface area contributed by atoms with Crippen LogP contribution in [0.4, 0.5) is 5.69 Å². The van der Waals surface area contributed by atoms with Gasteiger partial charge in [0.2, 0.25) is 0 Å². The number of hydrogen-bond donors (Lipinski definition) is 0. The van der Waals surface area contributed by atoms with Crippen LogP contribution < -0.4 is 21.5 Å². The van der Waals surface area contributed by atoms with E-state index in [9.17, 15) is 10.1 Å². The van der Waals surface area contributed by atoms with Gasteiger partial charge in [0.1, 0.15) is 0 Å². The predicted molar refractivity (Wildman–Crippen MR) is 94.2 cm³/mol. The van der Waals surface area contributed by atoms with E-state index in [4.69, 9.17) is 0 Å². The van der Waals surface area contributed by atoms with Crippen molar-refractivity contribution >= 4 is 17.8 Å². The number of nitro groups is 1. The molecule has 0 spiro atoms. The lowest BCUT2D eigenvalue weighted by molar-refractivity contribution is -0.688. The topological polar surface area (TPSA) is 47.0 Å². The van der Waals surface area contributed by atoms with Gasteiger partial charge < -0.3 is 17.0 Å². The van der Waals surface area contributed by atoms with Crippen LogP contribution in [0.25, 0.3) is 12.2 Å². The van der Waals surface area contributed by atoms with Crippen LogP contribution in [0.1, 0.15) is 16.7 Å². The number of non-ortho nitro benzene ring substituents is 1. The lowest BCUT2D eigenvalue weighted by Gasteiger charge is -1.98. The number of pyridine rings is 1. The molecule has 0 radical (unpaired) electrons. The Morgan fingerprint density at radius 3 is 2.24 bits per heavy atom.